The van der Waals surface area contributed by atoms with Crippen molar-refractivity contribution in [1.29, 1.82) is 0 Å². The van der Waals surface area contributed by atoms with Crippen LogP contribution in [0.1, 0.15) is 31.0 Å². The molecule has 0 fully saturated rings. The van der Waals surface area contributed by atoms with Gasteiger partial charge in [0.1, 0.15) is 11.0 Å². The van der Waals surface area contributed by atoms with Gasteiger partial charge in [-0.15, -0.1) is 0 Å². The number of hydrogen-bond donors (Lipinski definition) is 2. The second-order valence-electron chi connectivity index (χ2n) is 8.29. The summed E-state index contributed by atoms with van der Waals surface area (Å²) in [6, 6.07) is 13.4. The van der Waals surface area contributed by atoms with Gasteiger partial charge in [-0.05, 0) is 51.0 Å². The Morgan fingerprint density at radius 2 is 1.91 bits per heavy atom. The summed E-state index contributed by atoms with van der Waals surface area (Å²) in [6.45, 7) is 4.15. The third-order valence-electron chi connectivity index (χ3n) is 5.73. The molecule has 1 atom stereocenters. The Labute approximate surface area is 184 Å². The van der Waals surface area contributed by atoms with Crippen LogP contribution >= 0.6 is 0 Å². The zero-order chi connectivity index (χ0) is 22.3. The Kier molecular flexibility index (Phi) is 4.86. The van der Waals surface area contributed by atoms with Gasteiger partial charge in [-0.25, -0.2) is 19.3 Å². The summed E-state index contributed by atoms with van der Waals surface area (Å²) in [4.78, 5) is 26.9. The normalized spacial score (nSPS) is 19.2. The van der Waals surface area contributed by atoms with E-state index in [1.165, 1.54) is 0 Å². The number of anilines is 2. The minimum absolute atomic E-state index is 0.190. The highest BCUT2D eigenvalue weighted by Crippen LogP contribution is 2.27. The van der Waals surface area contributed by atoms with E-state index in [4.69, 9.17) is 4.98 Å². The smallest absolute Gasteiger partial charge is 0.278 e. The molecule has 0 radical (unpaired) electrons. The highest BCUT2D eigenvalue weighted by molar-refractivity contribution is 5.77. The molecule has 4 heterocycles. The third kappa shape index (κ3) is 3.58. The van der Waals surface area contributed by atoms with Crippen molar-refractivity contribution in [3.63, 3.8) is 0 Å². The molecule has 0 amide bonds. The van der Waals surface area contributed by atoms with Gasteiger partial charge in [0.05, 0.1) is 12.2 Å². The molecule has 0 saturated heterocycles. The second kappa shape index (κ2) is 7.72. The first kappa shape index (κ1) is 20.1. The summed E-state index contributed by atoms with van der Waals surface area (Å²) < 4.78 is 3.30. The van der Waals surface area contributed by atoms with Crippen molar-refractivity contribution >= 4 is 22.7 Å². The number of aromatic nitrogens is 5. The number of nitrogens with zero attached hydrogens (tertiary/aromatic N) is 5. The van der Waals surface area contributed by atoms with E-state index in [1.54, 1.807) is 28.6 Å². The minimum atomic E-state index is -1.08. The van der Waals surface area contributed by atoms with E-state index in [9.17, 15) is 9.90 Å². The van der Waals surface area contributed by atoms with Crippen LogP contribution in [0.4, 0.5) is 11.6 Å². The average molecular weight is 428 g/mol. The van der Waals surface area contributed by atoms with Crippen LogP contribution in [0.5, 0.6) is 0 Å². The van der Waals surface area contributed by atoms with Crippen LogP contribution in [0.25, 0.3) is 16.9 Å². The lowest BCUT2D eigenvalue weighted by molar-refractivity contribution is 0.0443. The fraction of sp³-hybridized carbons (Fsp3) is 0.250. The summed E-state index contributed by atoms with van der Waals surface area (Å²) in [5.74, 6) is 0.903. The first-order chi connectivity index (χ1) is 15.4. The molecule has 4 aromatic rings. The Hall–Kier alpha value is -3.78. The minimum Gasteiger partial charge on any atom is -0.384 e. The lowest BCUT2D eigenvalue weighted by atomic mass is 9.95. The van der Waals surface area contributed by atoms with Gasteiger partial charge in [-0.1, -0.05) is 35.9 Å². The number of nitrogens with one attached hydrogen (secondary N) is 1. The average Bonchev–Trinajstić information content (AvgIpc) is 3.05. The highest BCUT2D eigenvalue weighted by atomic mass is 16.3. The van der Waals surface area contributed by atoms with Crippen LogP contribution in [-0.2, 0) is 12.1 Å². The Balaban J connectivity index is 1.70. The fourth-order valence-corrected chi connectivity index (χ4v) is 3.88. The number of fused-ring (bicyclic) bond motifs is 6. The Bertz CT molecular complexity index is 1380. The van der Waals surface area contributed by atoms with Gasteiger partial charge in [-0.2, -0.15) is 4.98 Å². The standard InChI is InChI=1S/C24H24N6O2/c1-16-9-11-17(12-10-16)26-23-25-15-18-21(28-23)30-20-8-6-7-19(27-20)24(2,32)13-4-3-5-14-29(30)22(18)31/h3,5-12,15,32H,4,13-14H2,1-2H3,(H,25,26,28)/b5-3-. The number of allylic oxidation sites excluding steroid dienone is 2. The molecule has 1 aliphatic heterocycles. The molecule has 162 valence electrons. The summed E-state index contributed by atoms with van der Waals surface area (Å²) in [5, 5.41) is 14.5. The number of aliphatic hydroxyl groups is 1. The molecule has 2 bridgehead atoms. The van der Waals surface area contributed by atoms with E-state index >= 15 is 0 Å². The second-order valence-corrected chi connectivity index (χ2v) is 8.29. The molecular weight excluding hydrogens is 404 g/mol. The van der Waals surface area contributed by atoms with Gasteiger partial charge in [0, 0.05) is 11.9 Å². The van der Waals surface area contributed by atoms with Crippen LogP contribution < -0.4 is 10.9 Å². The Morgan fingerprint density at radius 1 is 1.09 bits per heavy atom. The van der Waals surface area contributed by atoms with Crippen molar-refractivity contribution in [2.24, 2.45) is 0 Å². The summed E-state index contributed by atoms with van der Waals surface area (Å²) in [6.07, 6.45) is 6.67. The Morgan fingerprint density at radius 3 is 2.72 bits per heavy atom. The number of rotatable bonds is 2. The lowest BCUT2D eigenvalue weighted by Crippen LogP contribution is -2.24. The molecule has 1 aliphatic rings. The van der Waals surface area contributed by atoms with Crippen molar-refractivity contribution in [3.05, 3.63) is 82.4 Å². The maximum absolute atomic E-state index is 13.2. The highest BCUT2D eigenvalue weighted by Gasteiger charge is 2.26. The van der Waals surface area contributed by atoms with Gasteiger partial charge >= 0.3 is 0 Å². The number of benzene rings is 1. The van der Waals surface area contributed by atoms with E-state index in [1.807, 2.05) is 55.5 Å². The number of hydrogen-bond acceptors (Lipinski definition) is 6. The topological polar surface area (TPSA) is 97.9 Å². The van der Waals surface area contributed by atoms with Crippen LogP contribution in [0.15, 0.2) is 65.6 Å². The van der Waals surface area contributed by atoms with Gasteiger partial charge in [-0.3, -0.25) is 4.79 Å². The van der Waals surface area contributed by atoms with Gasteiger partial charge in [0.2, 0.25) is 5.95 Å². The number of pyridine rings is 1. The SMILES string of the molecule is Cc1ccc(Nc2ncc3c(=O)n4n(c3n2)-c2cccc(n2)C(C)(O)CC/C=C\C4)cc1. The maximum Gasteiger partial charge on any atom is 0.278 e. The fourth-order valence-electron chi connectivity index (χ4n) is 3.88. The van der Waals surface area contributed by atoms with Crippen molar-refractivity contribution in [1.82, 2.24) is 24.3 Å². The molecule has 1 unspecified atom stereocenters. The summed E-state index contributed by atoms with van der Waals surface area (Å²) in [5.41, 5.74) is 1.75. The summed E-state index contributed by atoms with van der Waals surface area (Å²) >= 11 is 0. The van der Waals surface area contributed by atoms with Crippen LogP contribution in [-0.4, -0.2) is 29.4 Å². The molecule has 0 saturated carbocycles. The van der Waals surface area contributed by atoms with Crippen LogP contribution in [0.3, 0.4) is 0 Å². The van der Waals surface area contributed by atoms with E-state index in [2.05, 4.69) is 15.3 Å². The summed E-state index contributed by atoms with van der Waals surface area (Å²) in [7, 11) is 0. The quantitative estimate of drug-likeness (QED) is 0.474. The van der Waals surface area contributed by atoms with Gasteiger partial charge in [0.25, 0.3) is 5.56 Å². The molecule has 3 aromatic heterocycles. The van der Waals surface area contributed by atoms with E-state index < -0.39 is 5.60 Å². The molecular formula is C24H24N6O2. The molecule has 8 nitrogen and oxygen atoms in total. The van der Waals surface area contributed by atoms with Crippen LogP contribution in [0, 0.1) is 6.92 Å². The first-order valence-electron chi connectivity index (χ1n) is 10.6. The number of aryl methyl sites for hydroxylation is 1. The zero-order valence-electron chi connectivity index (χ0n) is 18.0. The van der Waals surface area contributed by atoms with Crippen molar-refractivity contribution in [2.45, 2.75) is 38.8 Å². The molecule has 8 heteroatoms. The lowest BCUT2D eigenvalue weighted by Gasteiger charge is -2.22. The predicted octanol–water partition coefficient (Wildman–Crippen LogP) is 3.59. The molecule has 1 aromatic carbocycles. The molecule has 5 rings (SSSR count). The maximum atomic E-state index is 13.2. The van der Waals surface area contributed by atoms with E-state index in [0.29, 0.717) is 47.9 Å². The van der Waals surface area contributed by atoms with Crippen molar-refractivity contribution in [2.75, 3.05) is 5.32 Å². The van der Waals surface area contributed by atoms with Crippen molar-refractivity contribution in [3.8, 4) is 5.82 Å². The zero-order valence-corrected chi connectivity index (χ0v) is 18.0. The van der Waals surface area contributed by atoms with Crippen LogP contribution in [0.2, 0.25) is 0 Å². The molecule has 0 aliphatic carbocycles. The third-order valence-corrected chi connectivity index (χ3v) is 5.73. The monoisotopic (exact) mass is 428 g/mol. The van der Waals surface area contributed by atoms with Gasteiger partial charge < -0.3 is 10.4 Å². The van der Waals surface area contributed by atoms with Gasteiger partial charge in [0.15, 0.2) is 11.5 Å². The first-order valence-corrected chi connectivity index (χ1v) is 10.6. The van der Waals surface area contributed by atoms with E-state index in [-0.39, 0.29) is 5.56 Å². The van der Waals surface area contributed by atoms with Crippen molar-refractivity contribution < 1.29 is 5.11 Å². The molecule has 0 spiro atoms. The van der Waals surface area contributed by atoms with E-state index in [0.717, 1.165) is 11.3 Å². The molecule has 2 N–H and O–H groups in total. The predicted molar refractivity (Wildman–Crippen MR) is 123 cm³/mol. The largest absolute Gasteiger partial charge is 0.384 e. The molecule has 32 heavy (non-hydrogen) atoms.